The molecular formula is C8H18N2O3S. The van der Waals surface area contributed by atoms with Gasteiger partial charge in [-0.25, -0.2) is 8.42 Å². The van der Waals surface area contributed by atoms with Gasteiger partial charge in [-0.1, -0.05) is 0 Å². The van der Waals surface area contributed by atoms with Crippen LogP contribution in [0.2, 0.25) is 0 Å². The zero-order chi connectivity index (χ0) is 10.6. The molecule has 0 spiro atoms. The average Bonchev–Trinajstić information content (AvgIpc) is 2.55. The zero-order valence-corrected chi connectivity index (χ0v) is 9.51. The van der Waals surface area contributed by atoms with Gasteiger partial charge in [-0.3, -0.25) is 0 Å². The molecule has 1 fully saturated rings. The Morgan fingerprint density at radius 2 is 2.29 bits per heavy atom. The Bertz CT molecular complexity index is 260. The van der Waals surface area contributed by atoms with Crippen LogP contribution in [0.5, 0.6) is 0 Å². The van der Waals surface area contributed by atoms with Crippen molar-refractivity contribution in [2.75, 3.05) is 39.6 Å². The van der Waals surface area contributed by atoms with Crippen LogP contribution in [0, 0.1) is 0 Å². The number of hydrogen-bond donors (Lipinski definition) is 1. The summed E-state index contributed by atoms with van der Waals surface area (Å²) in [5.41, 5.74) is 0. The van der Waals surface area contributed by atoms with Crippen LogP contribution in [0.1, 0.15) is 6.42 Å². The first kappa shape index (κ1) is 11.9. The molecule has 5 nitrogen and oxygen atoms in total. The smallest absolute Gasteiger partial charge is 0.211 e. The number of rotatable bonds is 5. The van der Waals surface area contributed by atoms with E-state index in [-0.39, 0.29) is 6.04 Å². The lowest BCUT2D eigenvalue weighted by atomic mass is 10.2. The first-order valence-corrected chi connectivity index (χ1v) is 6.57. The number of ether oxygens (including phenoxy) is 1. The fourth-order valence-electron chi connectivity index (χ4n) is 1.69. The third kappa shape index (κ3) is 3.20. The average molecular weight is 222 g/mol. The van der Waals surface area contributed by atoms with Crippen molar-refractivity contribution in [3.8, 4) is 0 Å². The molecule has 0 radical (unpaired) electrons. The van der Waals surface area contributed by atoms with Crippen molar-refractivity contribution in [2.24, 2.45) is 0 Å². The van der Waals surface area contributed by atoms with E-state index in [1.165, 1.54) is 10.6 Å². The largest absolute Gasteiger partial charge is 0.383 e. The van der Waals surface area contributed by atoms with Gasteiger partial charge >= 0.3 is 0 Å². The highest BCUT2D eigenvalue weighted by molar-refractivity contribution is 7.88. The molecule has 1 rings (SSSR count). The summed E-state index contributed by atoms with van der Waals surface area (Å²) < 4.78 is 29.4. The molecule has 1 aliphatic rings. The van der Waals surface area contributed by atoms with Gasteiger partial charge in [0.25, 0.3) is 0 Å². The summed E-state index contributed by atoms with van der Waals surface area (Å²) in [6, 6.07) is 0.0974. The molecule has 0 amide bonds. The lowest BCUT2D eigenvalue weighted by Gasteiger charge is -2.25. The third-order valence-electron chi connectivity index (χ3n) is 2.38. The van der Waals surface area contributed by atoms with Crippen LogP contribution in [0.15, 0.2) is 0 Å². The predicted molar refractivity (Wildman–Crippen MR) is 54.7 cm³/mol. The van der Waals surface area contributed by atoms with E-state index < -0.39 is 10.0 Å². The van der Waals surface area contributed by atoms with E-state index in [1.807, 2.05) is 0 Å². The Morgan fingerprint density at radius 1 is 1.57 bits per heavy atom. The summed E-state index contributed by atoms with van der Waals surface area (Å²) in [6.45, 7) is 2.53. The van der Waals surface area contributed by atoms with Crippen molar-refractivity contribution in [1.29, 1.82) is 0 Å². The first-order chi connectivity index (χ1) is 6.55. The molecule has 0 saturated carbocycles. The monoisotopic (exact) mass is 222 g/mol. The number of nitrogens with zero attached hydrogens (tertiary/aromatic N) is 1. The molecule has 0 aromatic rings. The molecular weight excluding hydrogens is 204 g/mol. The molecule has 6 heteroatoms. The van der Waals surface area contributed by atoms with Crippen LogP contribution in [0.3, 0.4) is 0 Å². The Morgan fingerprint density at radius 3 is 2.71 bits per heavy atom. The quantitative estimate of drug-likeness (QED) is 0.665. The highest BCUT2D eigenvalue weighted by Gasteiger charge is 2.28. The van der Waals surface area contributed by atoms with Crippen LogP contribution >= 0.6 is 0 Å². The molecule has 84 valence electrons. The van der Waals surface area contributed by atoms with Gasteiger partial charge in [0.2, 0.25) is 10.0 Å². The van der Waals surface area contributed by atoms with Crippen LogP contribution < -0.4 is 5.32 Å². The second kappa shape index (κ2) is 5.06. The number of hydrogen-bond acceptors (Lipinski definition) is 4. The molecule has 0 bridgehead atoms. The summed E-state index contributed by atoms with van der Waals surface area (Å²) >= 11 is 0. The lowest BCUT2D eigenvalue weighted by molar-refractivity contribution is 0.168. The van der Waals surface area contributed by atoms with Crippen molar-refractivity contribution < 1.29 is 13.2 Å². The van der Waals surface area contributed by atoms with E-state index in [0.717, 1.165) is 19.5 Å². The maximum atomic E-state index is 11.5. The molecule has 0 unspecified atom stereocenters. The maximum absolute atomic E-state index is 11.5. The molecule has 14 heavy (non-hydrogen) atoms. The summed E-state index contributed by atoms with van der Waals surface area (Å²) in [7, 11) is -1.53. The van der Waals surface area contributed by atoms with Gasteiger partial charge in [0.1, 0.15) is 0 Å². The van der Waals surface area contributed by atoms with Gasteiger partial charge in [0, 0.05) is 26.2 Å². The third-order valence-corrected chi connectivity index (χ3v) is 3.72. The van der Waals surface area contributed by atoms with Gasteiger partial charge in [0.05, 0.1) is 12.9 Å². The predicted octanol–water partition coefficient (Wildman–Crippen LogP) is -0.744. The number of nitrogens with one attached hydrogen (secondary N) is 1. The number of methoxy groups -OCH3 is 1. The molecule has 1 aliphatic heterocycles. The van der Waals surface area contributed by atoms with Crippen molar-refractivity contribution in [2.45, 2.75) is 12.5 Å². The standard InChI is InChI=1S/C8H18N2O3S/c1-13-6-5-10(14(2,11)12)8-3-4-9-7-8/h8-9H,3-7H2,1-2H3/t8-/m0/s1. The summed E-state index contributed by atoms with van der Waals surface area (Å²) in [5, 5.41) is 3.15. The second-order valence-electron chi connectivity index (χ2n) is 3.51. The summed E-state index contributed by atoms with van der Waals surface area (Å²) in [6.07, 6.45) is 2.14. The topological polar surface area (TPSA) is 58.6 Å². The molecule has 1 heterocycles. The van der Waals surface area contributed by atoms with Crippen LogP contribution in [-0.2, 0) is 14.8 Å². The minimum Gasteiger partial charge on any atom is -0.383 e. The van der Waals surface area contributed by atoms with E-state index in [9.17, 15) is 8.42 Å². The van der Waals surface area contributed by atoms with Gasteiger partial charge in [-0.05, 0) is 13.0 Å². The van der Waals surface area contributed by atoms with E-state index in [0.29, 0.717) is 13.2 Å². The van der Waals surface area contributed by atoms with Crippen molar-refractivity contribution in [3.05, 3.63) is 0 Å². The van der Waals surface area contributed by atoms with E-state index in [4.69, 9.17) is 4.74 Å². The Hall–Kier alpha value is -0.170. The summed E-state index contributed by atoms with van der Waals surface area (Å²) in [4.78, 5) is 0. The Kier molecular flexibility index (Phi) is 4.31. The van der Waals surface area contributed by atoms with Crippen molar-refractivity contribution in [3.63, 3.8) is 0 Å². The Labute approximate surface area is 85.5 Å². The van der Waals surface area contributed by atoms with Crippen LogP contribution in [0.4, 0.5) is 0 Å². The molecule has 1 saturated heterocycles. The van der Waals surface area contributed by atoms with Gasteiger partial charge in [-0.15, -0.1) is 0 Å². The van der Waals surface area contributed by atoms with Gasteiger partial charge in [0.15, 0.2) is 0 Å². The molecule has 0 aliphatic carbocycles. The van der Waals surface area contributed by atoms with Gasteiger partial charge < -0.3 is 10.1 Å². The van der Waals surface area contributed by atoms with Crippen LogP contribution in [0.25, 0.3) is 0 Å². The number of sulfonamides is 1. The minimum atomic E-state index is -3.11. The van der Waals surface area contributed by atoms with E-state index in [1.54, 1.807) is 7.11 Å². The van der Waals surface area contributed by atoms with Crippen LogP contribution in [-0.4, -0.2) is 58.4 Å². The van der Waals surface area contributed by atoms with Gasteiger partial charge in [-0.2, -0.15) is 4.31 Å². The maximum Gasteiger partial charge on any atom is 0.211 e. The first-order valence-electron chi connectivity index (χ1n) is 4.72. The molecule has 0 aromatic heterocycles. The normalized spacial score (nSPS) is 23.2. The summed E-state index contributed by atoms with van der Waals surface area (Å²) in [5.74, 6) is 0. The highest BCUT2D eigenvalue weighted by Crippen LogP contribution is 2.11. The fourth-order valence-corrected chi connectivity index (χ4v) is 2.81. The Balaban J connectivity index is 2.61. The van der Waals surface area contributed by atoms with Crippen molar-refractivity contribution >= 4 is 10.0 Å². The highest BCUT2D eigenvalue weighted by atomic mass is 32.2. The molecule has 0 aromatic carbocycles. The van der Waals surface area contributed by atoms with E-state index >= 15 is 0 Å². The fraction of sp³-hybridized carbons (Fsp3) is 1.00. The van der Waals surface area contributed by atoms with E-state index in [2.05, 4.69) is 5.32 Å². The zero-order valence-electron chi connectivity index (χ0n) is 8.69. The second-order valence-corrected chi connectivity index (χ2v) is 5.45. The van der Waals surface area contributed by atoms with Crippen molar-refractivity contribution in [1.82, 2.24) is 9.62 Å². The molecule has 1 atom stereocenters. The minimum absolute atomic E-state index is 0.0974. The molecule has 1 N–H and O–H groups in total. The SMILES string of the molecule is COCCN([C@H]1CCNC1)S(C)(=O)=O. The lowest BCUT2D eigenvalue weighted by Crippen LogP contribution is -2.42.